The van der Waals surface area contributed by atoms with Crippen molar-refractivity contribution in [1.29, 1.82) is 0 Å². The molecule has 0 aliphatic carbocycles. The van der Waals surface area contributed by atoms with Gasteiger partial charge in [-0.3, -0.25) is 0 Å². The van der Waals surface area contributed by atoms with Crippen LogP contribution in [-0.2, 0) is 6.42 Å². The molecule has 0 spiro atoms. The zero-order valence-corrected chi connectivity index (χ0v) is 7.96. The summed E-state index contributed by atoms with van der Waals surface area (Å²) >= 11 is 7.15. The molecule has 1 nitrogen and oxygen atoms in total. The highest BCUT2D eigenvalue weighted by Gasteiger charge is 2.00. The van der Waals surface area contributed by atoms with Crippen molar-refractivity contribution in [2.24, 2.45) is 5.73 Å². The van der Waals surface area contributed by atoms with E-state index in [4.69, 9.17) is 17.3 Å². The Morgan fingerprint density at radius 1 is 1.67 bits per heavy atom. The molecule has 0 saturated heterocycles. The van der Waals surface area contributed by atoms with E-state index in [2.05, 4.69) is 0 Å². The lowest BCUT2D eigenvalue weighted by Gasteiger charge is -1.97. The number of halogens is 2. The maximum Gasteiger partial charge on any atom is 0.0931 e. The second-order valence-corrected chi connectivity index (χ2v) is 4.15. The molecule has 4 heteroatoms. The fourth-order valence-electron chi connectivity index (χ4n) is 0.826. The Morgan fingerprint density at radius 3 is 2.83 bits per heavy atom. The van der Waals surface area contributed by atoms with Gasteiger partial charge in [0.2, 0.25) is 0 Å². The Balaban J connectivity index is 2.63. The predicted molar refractivity (Wildman–Crippen MR) is 51.3 cm³/mol. The lowest BCUT2D eigenvalue weighted by molar-refractivity contribution is 0.700. The largest absolute Gasteiger partial charge is 0.327 e. The molecule has 1 aromatic rings. The molecule has 0 aliphatic rings. The summed E-state index contributed by atoms with van der Waals surface area (Å²) in [5, 5.41) is 0. The van der Waals surface area contributed by atoms with Crippen LogP contribution in [0.3, 0.4) is 0 Å². The molecule has 2 N–H and O–H groups in total. The first-order chi connectivity index (χ1) is 5.76. The van der Waals surface area contributed by atoms with E-state index in [1.165, 1.54) is 11.3 Å². The summed E-state index contributed by atoms with van der Waals surface area (Å²) in [5.41, 5.74) is 5.89. The van der Waals surface area contributed by atoms with Gasteiger partial charge in [-0.05, 0) is 17.7 Å². The van der Waals surface area contributed by atoms with E-state index >= 15 is 0 Å². The molecule has 0 aliphatic heterocycles. The normalized spacial score (nSPS) is 12.1. The van der Waals surface area contributed by atoms with Crippen molar-refractivity contribution in [2.75, 3.05) is 6.54 Å². The van der Waals surface area contributed by atoms with Crippen LogP contribution in [0.4, 0.5) is 4.39 Å². The van der Waals surface area contributed by atoms with Crippen molar-refractivity contribution in [1.82, 2.24) is 0 Å². The Hall–Kier alpha value is -0.380. The number of thiophene rings is 1. The van der Waals surface area contributed by atoms with Gasteiger partial charge in [0.15, 0.2) is 0 Å². The van der Waals surface area contributed by atoms with E-state index in [9.17, 15) is 4.39 Å². The third-order valence-electron chi connectivity index (χ3n) is 1.45. The maximum atomic E-state index is 12.1. The van der Waals surface area contributed by atoms with E-state index in [0.29, 0.717) is 18.3 Å². The smallest absolute Gasteiger partial charge is 0.0931 e. The summed E-state index contributed by atoms with van der Waals surface area (Å²) in [4.78, 5) is 1.04. The number of rotatable bonds is 3. The van der Waals surface area contributed by atoms with Gasteiger partial charge in [0.05, 0.1) is 10.7 Å². The molecule has 0 radical (unpaired) electrons. The van der Waals surface area contributed by atoms with Gasteiger partial charge in [0.1, 0.15) is 0 Å². The SMILES string of the molecule is NC/C(=C\F)Cc1ccc(Cl)s1. The van der Waals surface area contributed by atoms with Crippen molar-refractivity contribution < 1.29 is 4.39 Å². The highest BCUT2D eigenvalue weighted by molar-refractivity contribution is 7.16. The number of hydrogen-bond acceptors (Lipinski definition) is 2. The summed E-state index contributed by atoms with van der Waals surface area (Å²) < 4.78 is 12.8. The fraction of sp³-hybridized carbons (Fsp3) is 0.250. The summed E-state index contributed by atoms with van der Waals surface area (Å²) in [6.07, 6.45) is 1.12. The second-order valence-electron chi connectivity index (χ2n) is 2.35. The molecule has 1 rings (SSSR count). The molecule has 0 saturated carbocycles. The van der Waals surface area contributed by atoms with Crippen LogP contribution in [0, 0.1) is 0 Å². The first kappa shape index (κ1) is 9.71. The van der Waals surface area contributed by atoms with Gasteiger partial charge < -0.3 is 5.73 Å². The molecule has 1 heterocycles. The summed E-state index contributed by atoms with van der Waals surface area (Å²) in [5.74, 6) is 0. The molecule has 0 unspecified atom stereocenters. The van der Waals surface area contributed by atoms with Crippen LogP contribution in [0.15, 0.2) is 24.0 Å². The van der Waals surface area contributed by atoms with Crippen LogP contribution < -0.4 is 5.73 Å². The van der Waals surface area contributed by atoms with Gasteiger partial charge >= 0.3 is 0 Å². The van der Waals surface area contributed by atoms with E-state index in [1.807, 2.05) is 6.07 Å². The third-order valence-corrected chi connectivity index (χ3v) is 2.68. The molecule has 66 valence electrons. The van der Waals surface area contributed by atoms with Crippen molar-refractivity contribution in [3.05, 3.63) is 33.2 Å². The van der Waals surface area contributed by atoms with Gasteiger partial charge in [0.25, 0.3) is 0 Å². The summed E-state index contributed by atoms with van der Waals surface area (Å²) in [6.45, 7) is 0.256. The van der Waals surface area contributed by atoms with Gasteiger partial charge in [0, 0.05) is 17.8 Å². The maximum absolute atomic E-state index is 12.1. The van der Waals surface area contributed by atoms with E-state index in [0.717, 1.165) is 9.21 Å². The topological polar surface area (TPSA) is 26.0 Å². The third kappa shape index (κ3) is 2.59. The minimum atomic E-state index is 0.256. The molecule has 0 amide bonds. The molecule has 0 bridgehead atoms. The van der Waals surface area contributed by atoms with Crippen molar-refractivity contribution >= 4 is 22.9 Å². The van der Waals surface area contributed by atoms with Crippen LogP contribution in [0.5, 0.6) is 0 Å². The lowest BCUT2D eigenvalue weighted by atomic mass is 10.2. The summed E-state index contributed by atoms with van der Waals surface area (Å²) in [7, 11) is 0. The molecular formula is C8H9ClFNS. The van der Waals surface area contributed by atoms with E-state index in [-0.39, 0.29) is 6.54 Å². The predicted octanol–water partition coefficient (Wildman–Crippen LogP) is 2.76. The van der Waals surface area contributed by atoms with Crippen LogP contribution >= 0.6 is 22.9 Å². The molecule has 12 heavy (non-hydrogen) atoms. The Labute approximate surface area is 79.7 Å². The quantitative estimate of drug-likeness (QED) is 0.807. The zero-order valence-electron chi connectivity index (χ0n) is 6.39. The van der Waals surface area contributed by atoms with Crippen LogP contribution in [0.25, 0.3) is 0 Å². The van der Waals surface area contributed by atoms with Crippen molar-refractivity contribution in [3.63, 3.8) is 0 Å². The van der Waals surface area contributed by atoms with Crippen molar-refractivity contribution in [3.8, 4) is 0 Å². The standard InChI is InChI=1S/C8H9ClFNS/c9-8-2-1-7(12-8)3-6(4-10)5-11/h1-2,4H,3,5,11H2/b6-4-. The van der Waals surface area contributed by atoms with Gasteiger partial charge in [-0.25, -0.2) is 4.39 Å². The van der Waals surface area contributed by atoms with Gasteiger partial charge in [-0.1, -0.05) is 11.6 Å². The Bertz CT molecular complexity index is 282. The second kappa shape index (κ2) is 4.60. The molecule has 0 atom stereocenters. The molecule has 1 aromatic heterocycles. The zero-order chi connectivity index (χ0) is 8.97. The van der Waals surface area contributed by atoms with E-state index < -0.39 is 0 Å². The highest BCUT2D eigenvalue weighted by atomic mass is 35.5. The average Bonchev–Trinajstić information content (AvgIpc) is 2.47. The van der Waals surface area contributed by atoms with Crippen LogP contribution in [0.1, 0.15) is 4.88 Å². The Morgan fingerprint density at radius 2 is 2.42 bits per heavy atom. The van der Waals surface area contributed by atoms with Crippen LogP contribution in [-0.4, -0.2) is 6.54 Å². The first-order valence-electron chi connectivity index (χ1n) is 3.48. The highest BCUT2D eigenvalue weighted by Crippen LogP contribution is 2.23. The summed E-state index contributed by atoms with van der Waals surface area (Å²) in [6, 6.07) is 3.68. The van der Waals surface area contributed by atoms with Gasteiger partial charge in [-0.2, -0.15) is 0 Å². The minimum Gasteiger partial charge on any atom is -0.327 e. The average molecular weight is 206 g/mol. The molecular weight excluding hydrogens is 197 g/mol. The molecule has 0 aromatic carbocycles. The van der Waals surface area contributed by atoms with Crippen LogP contribution in [0.2, 0.25) is 4.34 Å². The fourth-order valence-corrected chi connectivity index (χ4v) is 1.97. The van der Waals surface area contributed by atoms with E-state index in [1.54, 1.807) is 6.07 Å². The first-order valence-corrected chi connectivity index (χ1v) is 4.68. The van der Waals surface area contributed by atoms with Crippen molar-refractivity contribution in [2.45, 2.75) is 6.42 Å². The number of nitrogens with two attached hydrogens (primary N) is 1. The Kier molecular flexibility index (Phi) is 3.72. The van der Waals surface area contributed by atoms with Gasteiger partial charge in [-0.15, -0.1) is 11.3 Å². The minimum absolute atomic E-state index is 0.256. The molecule has 0 fully saturated rings. The number of hydrogen-bond donors (Lipinski definition) is 1. The lowest BCUT2D eigenvalue weighted by Crippen LogP contribution is -2.04. The monoisotopic (exact) mass is 205 g/mol.